The first kappa shape index (κ1) is 9.79. The van der Waals surface area contributed by atoms with Crippen molar-refractivity contribution in [2.45, 2.75) is 13.0 Å². The molecule has 0 fully saturated rings. The van der Waals surface area contributed by atoms with Gasteiger partial charge in [-0.25, -0.2) is 0 Å². The van der Waals surface area contributed by atoms with E-state index in [1.54, 1.807) is 22.6 Å². The molecule has 66 valence electrons. The van der Waals surface area contributed by atoms with Crippen molar-refractivity contribution in [3.8, 4) is 0 Å². The number of nitrogens with zero attached hydrogens (tertiary/aromatic N) is 1. The molecule has 0 aliphatic rings. The molecule has 2 nitrogen and oxygen atoms in total. The summed E-state index contributed by atoms with van der Waals surface area (Å²) in [5.41, 5.74) is 0.0389. The second kappa shape index (κ2) is 3.61. The van der Waals surface area contributed by atoms with E-state index in [0.29, 0.717) is 3.57 Å². The van der Waals surface area contributed by atoms with E-state index in [1.165, 1.54) is 6.92 Å². The fraction of sp³-hybridized carbons (Fsp3) is 0.286. The van der Waals surface area contributed by atoms with Crippen LogP contribution in [0.25, 0.3) is 0 Å². The highest BCUT2D eigenvalue weighted by Gasteiger charge is 2.14. The molecule has 0 aliphatic heterocycles. The number of pyridine rings is 1. The minimum Gasteiger partial charge on any atom is -0.388 e. The van der Waals surface area contributed by atoms with Gasteiger partial charge in [0, 0.05) is 15.2 Å². The van der Waals surface area contributed by atoms with Crippen molar-refractivity contribution in [3.05, 3.63) is 27.1 Å². The van der Waals surface area contributed by atoms with Gasteiger partial charge in [0.1, 0.15) is 0 Å². The van der Waals surface area contributed by atoms with Gasteiger partial charge in [0.05, 0.1) is 6.10 Å². The lowest BCUT2D eigenvalue weighted by atomic mass is 10.2. The topological polar surface area (TPSA) is 33.1 Å². The fourth-order valence-electron chi connectivity index (χ4n) is 0.839. The van der Waals surface area contributed by atoms with Crippen molar-refractivity contribution in [2.75, 3.05) is 0 Å². The van der Waals surface area contributed by atoms with E-state index in [-0.39, 0.29) is 5.56 Å². The predicted molar refractivity (Wildman–Crippen MR) is 47.5 cm³/mol. The maximum absolute atomic E-state index is 12.8. The fourth-order valence-corrected chi connectivity index (χ4v) is 1.77. The standard InChI is InChI=1S/C7H6F2INO/c1-3(12)6-4(10)2-5(8)11-7(6)9/h2-3,12H,1H3. The van der Waals surface area contributed by atoms with Crippen LogP contribution in [0.5, 0.6) is 0 Å². The molecule has 1 unspecified atom stereocenters. The Morgan fingerprint density at radius 1 is 1.58 bits per heavy atom. The van der Waals surface area contributed by atoms with Crippen LogP contribution < -0.4 is 0 Å². The SMILES string of the molecule is CC(O)c1c(I)cc(F)nc1F. The summed E-state index contributed by atoms with van der Waals surface area (Å²) in [6.07, 6.45) is -0.968. The third kappa shape index (κ3) is 1.89. The van der Waals surface area contributed by atoms with Gasteiger partial charge in [-0.2, -0.15) is 13.8 Å². The quantitative estimate of drug-likeness (QED) is 0.632. The maximum Gasteiger partial charge on any atom is 0.222 e. The van der Waals surface area contributed by atoms with Crippen LogP contribution in [-0.2, 0) is 0 Å². The molecule has 0 saturated carbocycles. The lowest BCUT2D eigenvalue weighted by molar-refractivity contribution is 0.191. The zero-order valence-corrected chi connectivity index (χ0v) is 8.34. The zero-order chi connectivity index (χ0) is 9.30. The number of hydrogen-bond acceptors (Lipinski definition) is 2. The number of halogens is 3. The van der Waals surface area contributed by atoms with Crippen LogP contribution in [0.4, 0.5) is 8.78 Å². The second-order valence-corrected chi connectivity index (χ2v) is 3.47. The van der Waals surface area contributed by atoms with Gasteiger partial charge in [0.15, 0.2) is 0 Å². The first-order valence-corrected chi connectivity index (χ1v) is 4.29. The van der Waals surface area contributed by atoms with Crippen molar-refractivity contribution in [1.82, 2.24) is 4.98 Å². The molecule has 5 heteroatoms. The van der Waals surface area contributed by atoms with E-state index in [4.69, 9.17) is 5.11 Å². The van der Waals surface area contributed by atoms with Gasteiger partial charge in [-0.05, 0) is 29.5 Å². The summed E-state index contributed by atoms with van der Waals surface area (Å²) < 4.78 is 25.6. The molecule has 12 heavy (non-hydrogen) atoms. The molecule has 0 radical (unpaired) electrons. The van der Waals surface area contributed by atoms with E-state index in [9.17, 15) is 8.78 Å². The minimum absolute atomic E-state index is 0.0389. The number of aliphatic hydroxyl groups excluding tert-OH is 1. The van der Waals surface area contributed by atoms with E-state index < -0.39 is 18.0 Å². The molecular weight excluding hydrogens is 279 g/mol. The molecule has 0 aliphatic carbocycles. The lowest BCUT2D eigenvalue weighted by Crippen LogP contribution is -2.03. The van der Waals surface area contributed by atoms with Crippen LogP contribution in [0.2, 0.25) is 0 Å². The van der Waals surface area contributed by atoms with Crippen molar-refractivity contribution < 1.29 is 13.9 Å². The van der Waals surface area contributed by atoms with E-state index in [1.807, 2.05) is 0 Å². The van der Waals surface area contributed by atoms with Gasteiger partial charge in [-0.15, -0.1) is 0 Å². The Labute approximate surface area is 81.8 Å². The molecule has 0 aromatic carbocycles. The van der Waals surface area contributed by atoms with Crippen molar-refractivity contribution >= 4 is 22.6 Å². The van der Waals surface area contributed by atoms with Gasteiger partial charge in [0.25, 0.3) is 0 Å². The Kier molecular flexibility index (Phi) is 2.94. The summed E-state index contributed by atoms with van der Waals surface area (Å²) >= 11 is 1.75. The van der Waals surface area contributed by atoms with E-state index in [2.05, 4.69) is 4.98 Å². The van der Waals surface area contributed by atoms with Gasteiger partial charge in [0.2, 0.25) is 11.9 Å². The van der Waals surface area contributed by atoms with Crippen molar-refractivity contribution in [1.29, 1.82) is 0 Å². The van der Waals surface area contributed by atoms with Gasteiger partial charge in [-0.3, -0.25) is 0 Å². The van der Waals surface area contributed by atoms with Crippen molar-refractivity contribution in [3.63, 3.8) is 0 Å². The largest absolute Gasteiger partial charge is 0.388 e. The molecule has 1 rings (SSSR count). The Hall–Kier alpha value is -0.300. The van der Waals surface area contributed by atoms with Crippen LogP contribution >= 0.6 is 22.6 Å². The molecule has 0 bridgehead atoms. The molecule has 1 heterocycles. The van der Waals surface area contributed by atoms with Gasteiger partial charge >= 0.3 is 0 Å². The molecule has 0 saturated heterocycles. The normalized spacial score (nSPS) is 13.1. The average molecular weight is 285 g/mol. The molecule has 1 aromatic heterocycles. The summed E-state index contributed by atoms with van der Waals surface area (Å²) in [5, 5.41) is 9.07. The summed E-state index contributed by atoms with van der Waals surface area (Å²) in [7, 11) is 0. The molecule has 1 atom stereocenters. The van der Waals surface area contributed by atoms with Crippen molar-refractivity contribution in [2.24, 2.45) is 0 Å². The highest BCUT2D eigenvalue weighted by Crippen LogP contribution is 2.21. The number of hydrogen-bond donors (Lipinski definition) is 1. The summed E-state index contributed by atoms with van der Waals surface area (Å²) in [6.45, 7) is 1.40. The maximum atomic E-state index is 12.8. The third-order valence-electron chi connectivity index (χ3n) is 1.35. The first-order chi connectivity index (χ1) is 5.52. The van der Waals surface area contributed by atoms with E-state index in [0.717, 1.165) is 6.07 Å². The summed E-state index contributed by atoms with van der Waals surface area (Å²) in [4.78, 5) is 2.96. The van der Waals surface area contributed by atoms with Crippen LogP contribution in [-0.4, -0.2) is 10.1 Å². The molecule has 0 spiro atoms. The molecular formula is C7H6F2INO. The number of aliphatic hydroxyl groups is 1. The van der Waals surface area contributed by atoms with Crippen LogP contribution in [0, 0.1) is 15.5 Å². The highest BCUT2D eigenvalue weighted by molar-refractivity contribution is 14.1. The second-order valence-electron chi connectivity index (χ2n) is 2.31. The summed E-state index contributed by atoms with van der Waals surface area (Å²) in [6, 6.07) is 1.08. The highest BCUT2D eigenvalue weighted by atomic mass is 127. The van der Waals surface area contributed by atoms with Crippen LogP contribution in [0.1, 0.15) is 18.6 Å². The summed E-state index contributed by atoms with van der Waals surface area (Å²) in [5.74, 6) is -1.82. The van der Waals surface area contributed by atoms with Gasteiger partial charge < -0.3 is 5.11 Å². The van der Waals surface area contributed by atoms with Crippen LogP contribution in [0.3, 0.4) is 0 Å². The first-order valence-electron chi connectivity index (χ1n) is 3.22. The smallest absolute Gasteiger partial charge is 0.222 e. The predicted octanol–water partition coefficient (Wildman–Crippen LogP) is 2.02. The molecule has 1 N–H and O–H groups in total. The Balaban J connectivity index is 3.28. The monoisotopic (exact) mass is 285 g/mol. The minimum atomic E-state index is -0.968. The third-order valence-corrected chi connectivity index (χ3v) is 2.24. The van der Waals surface area contributed by atoms with Gasteiger partial charge in [-0.1, -0.05) is 0 Å². The zero-order valence-electron chi connectivity index (χ0n) is 6.18. The molecule has 0 amide bonds. The Morgan fingerprint density at radius 3 is 2.58 bits per heavy atom. The molecule has 1 aromatic rings. The Morgan fingerprint density at radius 2 is 2.17 bits per heavy atom. The Bertz CT molecular complexity index is 280. The van der Waals surface area contributed by atoms with Crippen LogP contribution in [0.15, 0.2) is 6.07 Å². The number of rotatable bonds is 1. The lowest BCUT2D eigenvalue weighted by Gasteiger charge is -2.07. The number of aromatic nitrogens is 1. The van der Waals surface area contributed by atoms with E-state index >= 15 is 0 Å². The average Bonchev–Trinajstić information content (AvgIpc) is 1.82.